The lowest BCUT2D eigenvalue weighted by Crippen LogP contribution is -2.55. The van der Waals surface area contributed by atoms with Crippen LogP contribution < -0.4 is 5.11 Å². The molecule has 8 nitrogen and oxygen atoms in total. The van der Waals surface area contributed by atoms with E-state index in [1.165, 1.54) is 77.0 Å². The van der Waals surface area contributed by atoms with Gasteiger partial charge >= 0.3 is 11.9 Å². The van der Waals surface area contributed by atoms with E-state index in [0.29, 0.717) is 12.8 Å². The summed E-state index contributed by atoms with van der Waals surface area (Å²) in [6.45, 7) is 4.54. The Labute approximate surface area is 269 Å². The fourth-order valence-electron chi connectivity index (χ4n) is 5.09. The van der Waals surface area contributed by atoms with Crippen LogP contribution in [0.2, 0.25) is 0 Å². The molecule has 258 valence electrons. The summed E-state index contributed by atoms with van der Waals surface area (Å²) in [4.78, 5) is 36.4. The van der Waals surface area contributed by atoms with Gasteiger partial charge in [-0.3, -0.25) is 9.59 Å². The predicted octanol–water partition coefficient (Wildman–Crippen LogP) is 7.07. The van der Waals surface area contributed by atoms with E-state index < -0.39 is 18.1 Å². The van der Waals surface area contributed by atoms with Gasteiger partial charge in [0, 0.05) is 19.3 Å². The Hall–Kier alpha value is -1.93. The first-order valence-corrected chi connectivity index (χ1v) is 17.7. The average Bonchev–Trinajstić information content (AvgIpc) is 2.96. The maximum Gasteiger partial charge on any atom is 0.306 e. The fourth-order valence-corrected chi connectivity index (χ4v) is 5.09. The largest absolute Gasteiger partial charge is 0.544 e. The monoisotopic (exact) mass is 625 g/mol. The van der Waals surface area contributed by atoms with Crippen molar-refractivity contribution in [2.45, 2.75) is 161 Å². The van der Waals surface area contributed by atoms with E-state index in [2.05, 4.69) is 19.9 Å². The molecule has 0 aromatic carbocycles. The van der Waals surface area contributed by atoms with Crippen LogP contribution in [0.15, 0.2) is 12.2 Å². The van der Waals surface area contributed by atoms with E-state index >= 15 is 0 Å². The summed E-state index contributed by atoms with van der Waals surface area (Å²) in [5, 5.41) is 11.5. The minimum absolute atomic E-state index is 0.0336. The molecule has 0 aromatic heterocycles. The highest BCUT2D eigenvalue weighted by Crippen LogP contribution is 2.14. The Morgan fingerprint density at radius 1 is 0.659 bits per heavy atom. The molecule has 0 saturated carbocycles. The molecular formula is C36H67NO7. The minimum atomic E-state index is -1.13. The van der Waals surface area contributed by atoms with Gasteiger partial charge in [0.2, 0.25) is 0 Å². The van der Waals surface area contributed by atoms with Gasteiger partial charge in [-0.25, -0.2) is 0 Å². The van der Waals surface area contributed by atoms with Crippen molar-refractivity contribution >= 4 is 17.9 Å². The van der Waals surface area contributed by atoms with Crippen LogP contribution in [0.25, 0.3) is 0 Å². The molecule has 0 radical (unpaired) electrons. The summed E-state index contributed by atoms with van der Waals surface area (Å²) >= 11 is 0. The predicted molar refractivity (Wildman–Crippen MR) is 176 cm³/mol. The molecule has 0 amide bonds. The van der Waals surface area contributed by atoms with Crippen molar-refractivity contribution in [1.82, 2.24) is 0 Å². The van der Waals surface area contributed by atoms with Crippen LogP contribution in [0.1, 0.15) is 149 Å². The van der Waals surface area contributed by atoms with E-state index in [9.17, 15) is 19.5 Å². The van der Waals surface area contributed by atoms with Crippen LogP contribution in [-0.4, -0.2) is 75.5 Å². The molecule has 0 aliphatic carbocycles. The van der Waals surface area contributed by atoms with Gasteiger partial charge in [0.15, 0.2) is 6.10 Å². The second-order valence-electron chi connectivity index (χ2n) is 13.1. The lowest BCUT2D eigenvalue weighted by atomic mass is 10.0. The molecule has 2 unspecified atom stereocenters. The maximum absolute atomic E-state index is 12.6. The molecular weight excluding hydrogens is 558 g/mol. The first kappa shape index (κ1) is 42.1. The number of hydrogen-bond acceptors (Lipinski definition) is 7. The number of nitrogens with zero attached hydrogens (tertiary/aromatic N) is 1. The Morgan fingerprint density at radius 3 is 1.73 bits per heavy atom. The average molecular weight is 626 g/mol. The highest BCUT2D eigenvalue weighted by molar-refractivity contribution is 5.70. The second kappa shape index (κ2) is 28.5. The van der Waals surface area contributed by atoms with Crippen LogP contribution >= 0.6 is 0 Å². The number of quaternary nitrogens is 1. The zero-order chi connectivity index (χ0) is 32.9. The van der Waals surface area contributed by atoms with E-state index in [1.54, 1.807) is 21.1 Å². The molecule has 0 heterocycles. The van der Waals surface area contributed by atoms with Gasteiger partial charge in [-0.15, -0.1) is 0 Å². The van der Waals surface area contributed by atoms with Crippen molar-refractivity contribution in [2.75, 3.05) is 41.0 Å². The van der Waals surface area contributed by atoms with Crippen LogP contribution in [0, 0.1) is 0 Å². The van der Waals surface area contributed by atoms with E-state index in [0.717, 1.165) is 32.1 Å². The number of ether oxygens (including phenoxy) is 3. The Kier molecular flexibility index (Phi) is 27.3. The smallest absolute Gasteiger partial charge is 0.306 e. The maximum atomic E-state index is 12.6. The van der Waals surface area contributed by atoms with Crippen LogP contribution in [-0.2, 0) is 28.6 Å². The zero-order valence-corrected chi connectivity index (χ0v) is 29.1. The van der Waals surface area contributed by atoms with Crippen molar-refractivity contribution in [3.8, 4) is 0 Å². The first-order chi connectivity index (χ1) is 21.1. The normalized spacial score (nSPS) is 13.2. The number of carbonyl (C=O) groups excluding carboxylic acids is 3. The number of carboxylic acid groups (broad SMARTS) is 1. The zero-order valence-electron chi connectivity index (χ0n) is 29.1. The third-order valence-electron chi connectivity index (χ3n) is 7.92. The molecule has 0 rings (SSSR count). The lowest BCUT2D eigenvalue weighted by molar-refractivity contribution is -0.889. The third-order valence-corrected chi connectivity index (χ3v) is 7.92. The third kappa shape index (κ3) is 26.5. The van der Waals surface area contributed by atoms with Crippen LogP contribution in [0.4, 0.5) is 0 Å². The van der Waals surface area contributed by atoms with Gasteiger partial charge in [0.05, 0.1) is 40.3 Å². The van der Waals surface area contributed by atoms with Crippen molar-refractivity contribution < 1.29 is 38.2 Å². The summed E-state index contributed by atoms with van der Waals surface area (Å²) in [6, 6.07) is -0.723. The molecule has 0 N–H and O–H groups in total. The summed E-state index contributed by atoms with van der Waals surface area (Å²) in [6.07, 6.45) is 25.5. The number of likely N-dealkylation sites (N-methyl/N-ethyl adjacent to an activating group) is 1. The highest BCUT2D eigenvalue weighted by Gasteiger charge is 2.25. The molecule has 8 heteroatoms. The van der Waals surface area contributed by atoms with Gasteiger partial charge < -0.3 is 28.6 Å². The summed E-state index contributed by atoms with van der Waals surface area (Å²) < 4.78 is 16.9. The van der Waals surface area contributed by atoms with Crippen LogP contribution in [0.5, 0.6) is 0 Å². The Balaban J connectivity index is 4.44. The van der Waals surface area contributed by atoms with E-state index in [-0.39, 0.29) is 49.1 Å². The number of aliphatic carboxylic acids is 1. The van der Waals surface area contributed by atoms with E-state index in [4.69, 9.17) is 14.2 Å². The number of hydrogen-bond donors (Lipinski definition) is 0. The number of carboxylic acids is 1. The van der Waals surface area contributed by atoms with Gasteiger partial charge in [-0.1, -0.05) is 116 Å². The number of esters is 2. The van der Waals surface area contributed by atoms with Crippen molar-refractivity contribution in [3.63, 3.8) is 0 Å². The SMILES string of the molecule is CCCCC/C=C/CCC(=O)OCC(COCCC(C(=O)[O-])[N+](C)(C)C)OC(=O)CCCCCCCCCCCCCCC. The molecule has 0 aliphatic rings. The minimum Gasteiger partial charge on any atom is -0.544 e. The highest BCUT2D eigenvalue weighted by atomic mass is 16.6. The standard InChI is InChI=1S/C36H67NO7/c1-6-8-10-12-14-15-16-17-18-19-21-23-25-27-35(39)44-32(30-42-29-28-33(36(40)41)37(3,4)5)31-43-34(38)26-24-22-20-13-11-9-7-2/h20,22,32-33H,6-19,21,23-31H2,1-5H3/b22-20+. The molecule has 44 heavy (non-hydrogen) atoms. The summed E-state index contributed by atoms with van der Waals surface area (Å²) in [7, 11) is 5.38. The Morgan fingerprint density at radius 2 is 1.18 bits per heavy atom. The molecule has 0 aromatic rings. The summed E-state index contributed by atoms with van der Waals surface area (Å²) in [5.41, 5.74) is 0. The number of carbonyl (C=O) groups is 3. The van der Waals surface area contributed by atoms with Crippen LogP contribution in [0.3, 0.4) is 0 Å². The topological polar surface area (TPSA) is 102 Å². The van der Waals surface area contributed by atoms with Gasteiger partial charge in [-0.2, -0.15) is 0 Å². The van der Waals surface area contributed by atoms with Gasteiger partial charge in [-0.05, 0) is 25.7 Å². The van der Waals surface area contributed by atoms with Crippen molar-refractivity contribution in [3.05, 3.63) is 12.2 Å². The number of unbranched alkanes of at least 4 members (excludes halogenated alkanes) is 15. The summed E-state index contributed by atoms with van der Waals surface area (Å²) in [5.74, 6) is -1.80. The number of rotatable bonds is 31. The molecule has 0 bridgehead atoms. The van der Waals surface area contributed by atoms with E-state index in [1.807, 2.05) is 6.08 Å². The molecule has 2 atom stereocenters. The molecule has 0 saturated heterocycles. The van der Waals surface area contributed by atoms with Crippen molar-refractivity contribution in [2.24, 2.45) is 0 Å². The van der Waals surface area contributed by atoms with Crippen molar-refractivity contribution in [1.29, 1.82) is 0 Å². The first-order valence-electron chi connectivity index (χ1n) is 17.7. The second-order valence-corrected chi connectivity index (χ2v) is 13.1. The molecule has 0 spiro atoms. The number of allylic oxidation sites excluding steroid dienone is 2. The lowest BCUT2D eigenvalue weighted by Gasteiger charge is -2.34. The van der Waals surface area contributed by atoms with Gasteiger partial charge in [0.1, 0.15) is 12.6 Å². The Bertz CT molecular complexity index is 747. The quantitative estimate of drug-likeness (QED) is 0.0351. The van der Waals surface area contributed by atoms with Gasteiger partial charge in [0.25, 0.3) is 0 Å². The molecule has 0 fully saturated rings. The molecule has 0 aliphatic heterocycles. The fraction of sp³-hybridized carbons (Fsp3) is 0.861.